The largest absolute Gasteiger partial charge is 0.406 e. The topological polar surface area (TPSA) is 71.2 Å². The molecule has 3 N–H and O–H groups in total. The van der Waals surface area contributed by atoms with Gasteiger partial charge in [0.25, 0.3) is 5.91 Å². The summed E-state index contributed by atoms with van der Waals surface area (Å²) in [6.45, 7) is -1.34. The Hall–Kier alpha value is -2.35. The number of hydrogen-bond acceptors (Lipinski definition) is 4. The molecule has 0 saturated carbocycles. The molecule has 0 aliphatic carbocycles. The fourth-order valence-corrected chi connectivity index (χ4v) is 1.95. The van der Waals surface area contributed by atoms with Crippen LogP contribution in [0.4, 0.5) is 19.0 Å². The number of amides is 1. The van der Waals surface area contributed by atoms with Crippen molar-refractivity contribution in [3.63, 3.8) is 0 Å². The van der Waals surface area contributed by atoms with Gasteiger partial charge in [-0.1, -0.05) is 24.3 Å². The van der Waals surface area contributed by atoms with Gasteiger partial charge in [-0.05, 0) is 11.5 Å². The average Bonchev–Trinajstić information content (AvgIpc) is 2.43. The van der Waals surface area contributed by atoms with Crippen LogP contribution >= 0.6 is 0 Å². The smallest absolute Gasteiger partial charge is 0.331 e. The highest BCUT2D eigenvalue weighted by molar-refractivity contribution is 6.00. The maximum atomic E-state index is 12.3. The first-order valence-electron chi connectivity index (χ1n) is 6.00. The van der Waals surface area contributed by atoms with E-state index in [-0.39, 0.29) is 11.5 Å². The summed E-state index contributed by atoms with van der Waals surface area (Å²) in [4.78, 5) is 16.6. The van der Waals surface area contributed by atoms with E-state index in [0.29, 0.717) is 15.7 Å². The van der Waals surface area contributed by atoms with Gasteiger partial charge in [0.15, 0.2) is 0 Å². The molecule has 0 atom stereocenters. The molecule has 1 amide bonds. The summed E-state index contributed by atoms with van der Waals surface area (Å²) in [5.41, 5.74) is 2.25. The quantitative estimate of drug-likeness (QED) is 0.673. The molecule has 0 unspecified atom stereocenters. The number of rotatable bonds is 3. The molecule has 5 nitrogen and oxygen atoms in total. The van der Waals surface area contributed by atoms with E-state index >= 15 is 0 Å². The molecule has 21 heavy (non-hydrogen) atoms. The van der Waals surface area contributed by atoms with Gasteiger partial charge in [0, 0.05) is 12.4 Å². The van der Waals surface area contributed by atoms with Crippen LogP contribution in [0.15, 0.2) is 30.3 Å². The van der Waals surface area contributed by atoms with E-state index in [1.807, 2.05) is 0 Å². The first-order valence-corrected chi connectivity index (χ1v) is 6.00. The lowest BCUT2D eigenvalue weighted by Gasteiger charge is -2.19. The van der Waals surface area contributed by atoms with Crippen molar-refractivity contribution in [3.05, 3.63) is 36.0 Å². The second kappa shape index (κ2) is 5.57. The zero-order valence-electron chi connectivity index (χ0n) is 11.1. The van der Waals surface area contributed by atoms with Gasteiger partial charge in [-0.3, -0.25) is 4.79 Å². The Bertz CT molecular complexity index is 672. The Morgan fingerprint density at radius 2 is 2.05 bits per heavy atom. The minimum absolute atomic E-state index is 0.103. The molecular formula is C13H13F3N4O. The van der Waals surface area contributed by atoms with Gasteiger partial charge in [0.2, 0.25) is 0 Å². The summed E-state index contributed by atoms with van der Waals surface area (Å²) in [6.07, 6.45) is -4.46. The lowest BCUT2D eigenvalue weighted by atomic mass is 10.1. The van der Waals surface area contributed by atoms with Crippen LogP contribution in [0.25, 0.3) is 10.8 Å². The summed E-state index contributed by atoms with van der Waals surface area (Å²) in [7, 11) is 1.07. The number of pyridine rings is 1. The highest BCUT2D eigenvalue weighted by Gasteiger charge is 2.32. The molecular weight excluding hydrogens is 285 g/mol. The first kappa shape index (κ1) is 15.0. The van der Waals surface area contributed by atoms with E-state index in [1.165, 1.54) is 6.07 Å². The summed E-state index contributed by atoms with van der Waals surface area (Å²) in [5, 5.41) is 1.33. The SMILES string of the molecule is CN(CC(F)(F)F)C(=O)c1cc2ccccc2c(NN)n1. The third-order valence-corrected chi connectivity index (χ3v) is 2.86. The van der Waals surface area contributed by atoms with Gasteiger partial charge in [0.05, 0.1) is 0 Å². The number of halogens is 3. The van der Waals surface area contributed by atoms with Crippen LogP contribution in [0.3, 0.4) is 0 Å². The zero-order chi connectivity index (χ0) is 15.6. The Morgan fingerprint density at radius 1 is 1.38 bits per heavy atom. The number of alkyl halides is 3. The van der Waals surface area contributed by atoms with E-state index in [4.69, 9.17) is 5.84 Å². The zero-order valence-corrected chi connectivity index (χ0v) is 11.1. The molecule has 1 heterocycles. The normalized spacial score (nSPS) is 11.5. The minimum Gasteiger partial charge on any atom is -0.331 e. The van der Waals surface area contributed by atoms with Crippen LogP contribution in [-0.4, -0.2) is 35.6 Å². The molecule has 1 aromatic heterocycles. The predicted octanol–water partition coefficient (Wildman–Crippen LogP) is 2.15. The maximum Gasteiger partial charge on any atom is 0.406 e. The maximum absolute atomic E-state index is 12.3. The molecule has 8 heteroatoms. The number of fused-ring (bicyclic) bond motifs is 1. The van der Waals surface area contributed by atoms with E-state index in [1.54, 1.807) is 24.3 Å². The van der Waals surface area contributed by atoms with E-state index < -0.39 is 18.6 Å². The third kappa shape index (κ3) is 3.40. The summed E-state index contributed by atoms with van der Waals surface area (Å²) in [6, 6.07) is 8.41. The number of hydrogen-bond donors (Lipinski definition) is 2. The number of nitrogen functional groups attached to an aromatic ring is 1. The molecule has 2 rings (SSSR count). The highest BCUT2D eigenvalue weighted by Crippen LogP contribution is 2.23. The van der Waals surface area contributed by atoms with Crippen molar-refractivity contribution in [2.45, 2.75) is 6.18 Å². The third-order valence-electron chi connectivity index (χ3n) is 2.86. The molecule has 0 fully saturated rings. The van der Waals surface area contributed by atoms with Crippen LogP contribution in [0, 0.1) is 0 Å². The predicted molar refractivity (Wildman–Crippen MR) is 72.6 cm³/mol. The molecule has 0 bridgehead atoms. The highest BCUT2D eigenvalue weighted by atomic mass is 19.4. The molecule has 0 aliphatic rings. The Labute approximate surface area is 118 Å². The molecule has 2 aromatic rings. The number of carbonyl (C=O) groups excluding carboxylic acids is 1. The van der Waals surface area contributed by atoms with Crippen molar-refractivity contribution in [3.8, 4) is 0 Å². The number of hydrazine groups is 1. The number of nitrogens with zero attached hydrogens (tertiary/aromatic N) is 2. The monoisotopic (exact) mass is 298 g/mol. The summed E-state index contributed by atoms with van der Waals surface area (Å²) in [5.74, 6) is 4.75. The van der Waals surface area contributed by atoms with Crippen molar-refractivity contribution in [2.75, 3.05) is 19.0 Å². The van der Waals surface area contributed by atoms with E-state index in [2.05, 4.69) is 10.4 Å². The number of nitrogens with two attached hydrogens (primary N) is 1. The van der Waals surface area contributed by atoms with Crippen molar-refractivity contribution in [2.24, 2.45) is 5.84 Å². The van der Waals surface area contributed by atoms with Gasteiger partial charge in [-0.2, -0.15) is 13.2 Å². The van der Waals surface area contributed by atoms with E-state index in [0.717, 1.165) is 7.05 Å². The first-order chi connectivity index (χ1) is 9.81. The Morgan fingerprint density at radius 3 is 2.67 bits per heavy atom. The van der Waals surface area contributed by atoms with Crippen LogP contribution < -0.4 is 11.3 Å². The average molecular weight is 298 g/mol. The molecule has 112 valence electrons. The van der Waals surface area contributed by atoms with Gasteiger partial charge >= 0.3 is 6.18 Å². The molecule has 1 aromatic carbocycles. The Kier molecular flexibility index (Phi) is 3.99. The fraction of sp³-hybridized carbons (Fsp3) is 0.231. The fourth-order valence-electron chi connectivity index (χ4n) is 1.95. The summed E-state index contributed by atoms with van der Waals surface area (Å²) >= 11 is 0. The van der Waals surface area contributed by atoms with Crippen molar-refractivity contribution >= 4 is 22.5 Å². The van der Waals surface area contributed by atoms with Crippen LogP contribution in [-0.2, 0) is 0 Å². The standard InChI is InChI=1S/C13H13F3N4O/c1-20(7-13(14,15)16)12(21)10-6-8-4-2-3-5-9(8)11(18-10)19-17/h2-6H,7,17H2,1H3,(H,18,19). The number of anilines is 1. The van der Waals surface area contributed by atoms with Crippen LogP contribution in [0.2, 0.25) is 0 Å². The molecule has 0 spiro atoms. The number of nitrogens with one attached hydrogen (secondary N) is 1. The number of aromatic nitrogens is 1. The van der Waals surface area contributed by atoms with E-state index in [9.17, 15) is 18.0 Å². The van der Waals surface area contributed by atoms with Gasteiger partial charge in [0.1, 0.15) is 18.1 Å². The van der Waals surface area contributed by atoms with Gasteiger partial charge in [-0.15, -0.1) is 0 Å². The van der Waals surface area contributed by atoms with Crippen molar-refractivity contribution < 1.29 is 18.0 Å². The second-order valence-corrected chi connectivity index (χ2v) is 4.50. The van der Waals surface area contributed by atoms with Crippen molar-refractivity contribution in [1.82, 2.24) is 9.88 Å². The molecule has 0 radical (unpaired) electrons. The Balaban J connectivity index is 2.40. The van der Waals surface area contributed by atoms with Crippen molar-refractivity contribution in [1.29, 1.82) is 0 Å². The van der Waals surface area contributed by atoms with Crippen LogP contribution in [0.1, 0.15) is 10.5 Å². The van der Waals surface area contributed by atoms with Gasteiger partial charge in [-0.25, -0.2) is 10.8 Å². The second-order valence-electron chi connectivity index (χ2n) is 4.50. The molecule has 0 saturated heterocycles. The minimum atomic E-state index is -4.46. The number of benzene rings is 1. The summed E-state index contributed by atoms with van der Waals surface area (Å²) < 4.78 is 37.0. The lowest BCUT2D eigenvalue weighted by Crippen LogP contribution is -2.36. The molecule has 0 aliphatic heterocycles. The lowest BCUT2D eigenvalue weighted by molar-refractivity contribution is -0.138. The van der Waals surface area contributed by atoms with Crippen LogP contribution in [0.5, 0.6) is 0 Å². The van der Waals surface area contributed by atoms with Gasteiger partial charge < -0.3 is 10.3 Å². The number of carbonyl (C=O) groups is 1.